The molecule has 6 heteroatoms. The summed E-state index contributed by atoms with van der Waals surface area (Å²) >= 11 is 6.02. The molecule has 0 spiro atoms. The first-order valence-corrected chi connectivity index (χ1v) is 8.44. The normalized spacial score (nSPS) is 17.5. The highest BCUT2D eigenvalue weighted by Crippen LogP contribution is 2.26. The molecule has 4 rings (SSSR count). The van der Waals surface area contributed by atoms with E-state index in [-0.39, 0.29) is 5.91 Å². The lowest BCUT2D eigenvalue weighted by atomic mass is 9.98. The van der Waals surface area contributed by atoms with E-state index in [0.29, 0.717) is 17.6 Å². The van der Waals surface area contributed by atoms with E-state index in [1.807, 2.05) is 24.4 Å². The van der Waals surface area contributed by atoms with Gasteiger partial charge in [-0.05, 0) is 41.8 Å². The Kier molecular flexibility index (Phi) is 4.22. The summed E-state index contributed by atoms with van der Waals surface area (Å²) in [4.78, 5) is 18.9. The minimum atomic E-state index is 0.00668. The van der Waals surface area contributed by atoms with Crippen LogP contribution in [0.25, 0.3) is 0 Å². The van der Waals surface area contributed by atoms with Gasteiger partial charge < -0.3 is 15.0 Å². The Hall–Kier alpha value is -1.95. The molecule has 1 fully saturated rings. The van der Waals surface area contributed by atoms with Crippen molar-refractivity contribution in [3.63, 3.8) is 0 Å². The van der Waals surface area contributed by atoms with Crippen LogP contribution >= 0.6 is 11.6 Å². The Morgan fingerprint density at radius 3 is 2.96 bits per heavy atom. The predicted molar refractivity (Wildman–Crippen MR) is 92.5 cm³/mol. The number of hydrogen-bond acceptors (Lipinski definition) is 4. The van der Waals surface area contributed by atoms with Crippen LogP contribution in [0.3, 0.4) is 0 Å². The van der Waals surface area contributed by atoms with Crippen LogP contribution in [0, 0.1) is 0 Å². The maximum absolute atomic E-state index is 12.8. The number of nitrogens with zero attached hydrogens (tertiary/aromatic N) is 2. The molecule has 1 amide bonds. The minimum absolute atomic E-state index is 0.00668. The first-order chi connectivity index (χ1) is 11.7. The zero-order chi connectivity index (χ0) is 16.5. The van der Waals surface area contributed by atoms with Gasteiger partial charge in [0.2, 0.25) is 0 Å². The fraction of sp³-hybridized carbons (Fsp3) is 0.333. The highest BCUT2D eigenvalue weighted by atomic mass is 35.5. The molecule has 0 radical (unpaired) electrons. The third kappa shape index (κ3) is 3.02. The summed E-state index contributed by atoms with van der Waals surface area (Å²) in [6, 6.07) is 7.90. The topological polar surface area (TPSA) is 54.5 Å². The minimum Gasteiger partial charge on any atom is -0.378 e. The smallest absolute Gasteiger partial charge is 0.258 e. The van der Waals surface area contributed by atoms with Crippen LogP contribution in [-0.4, -0.2) is 36.7 Å². The zero-order valence-electron chi connectivity index (χ0n) is 13.2. The molecule has 1 aromatic heterocycles. The van der Waals surface area contributed by atoms with Crippen molar-refractivity contribution in [1.29, 1.82) is 0 Å². The van der Waals surface area contributed by atoms with Crippen LogP contribution in [0.15, 0.2) is 36.7 Å². The molecule has 124 valence electrons. The number of nitrogens with one attached hydrogen (secondary N) is 1. The van der Waals surface area contributed by atoms with Gasteiger partial charge in [-0.3, -0.25) is 9.78 Å². The Labute approximate surface area is 145 Å². The number of anilines is 1. The van der Waals surface area contributed by atoms with E-state index in [9.17, 15) is 4.79 Å². The number of pyridine rings is 1. The second-order valence-electron chi connectivity index (χ2n) is 6.17. The van der Waals surface area contributed by atoms with Gasteiger partial charge in [0.25, 0.3) is 5.91 Å². The number of rotatable bonds is 4. The van der Waals surface area contributed by atoms with Crippen molar-refractivity contribution in [3.8, 4) is 0 Å². The summed E-state index contributed by atoms with van der Waals surface area (Å²) in [5.74, 6) is 0.00668. The maximum atomic E-state index is 12.8. The Bertz CT molecular complexity index is 777. The van der Waals surface area contributed by atoms with Gasteiger partial charge in [0, 0.05) is 29.9 Å². The summed E-state index contributed by atoms with van der Waals surface area (Å²) in [5.41, 5.74) is 3.64. The zero-order valence-corrected chi connectivity index (χ0v) is 13.9. The number of halogens is 1. The van der Waals surface area contributed by atoms with E-state index in [0.717, 1.165) is 48.6 Å². The molecular formula is C18H18ClN3O2. The number of carbonyl (C=O) groups excluding carboxylic acids is 1. The standard InChI is InChI=1S/C18H18ClN3O2/c19-14-1-2-17-13(6-14)3-4-22(18(17)23)16-5-12(7-20-9-16)8-21-15-10-24-11-15/h1-2,5-7,9,15,21H,3-4,8,10-11H2. The number of amides is 1. The summed E-state index contributed by atoms with van der Waals surface area (Å²) in [7, 11) is 0. The maximum Gasteiger partial charge on any atom is 0.258 e. The lowest BCUT2D eigenvalue weighted by Gasteiger charge is -2.29. The van der Waals surface area contributed by atoms with Gasteiger partial charge in [0.1, 0.15) is 0 Å². The van der Waals surface area contributed by atoms with Gasteiger partial charge in [-0.15, -0.1) is 0 Å². The van der Waals surface area contributed by atoms with E-state index in [2.05, 4.69) is 10.3 Å². The average molecular weight is 344 g/mol. The predicted octanol–water partition coefficient (Wildman–Crippen LogP) is 2.43. The van der Waals surface area contributed by atoms with Crippen LogP contribution in [0.5, 0.6) is 0 Å². The number of carbonyl (C=O) groups is 1. The van der Waals surface area contributed by atoms with E-state index < -0.39 is 0 Å². The van der Waals surface area contributed by atoms with Crippen LogP contribution in [0.4, 0.5) is 5.69 Å². The van der Waals surface area contributed by atoms with Gasteiger partial charge in [-0.25, -0.2) is 0 Å². The third-order valence-electron chi connectivity index (χ3n) is 4.47. The van der Waals surface area contributed by atoms with Crippen molar-refractivity contribution in [2.45, 2.75) is 19.0 Å². The molecule has 0 aliphatic carbocycles. The Morgan fingerprint density at radius 1 is 1.29 bits per heavy atom. The lowest BCUT2D eigenvalue weighted by molar-refractivity contribution is -0.00579. The third-order valence-corrected chi connectivity index (χ3v) is 4.71. The number of hydrogen-bond donors (Lipinski definition) is 1. The molecule has 0 saturated carbocycles. The van der Waals surface area contributed by atoms with E-state index in [1.165, 1.54) is 0 Å². The Morgan fingerprint density at radius 2 is 2.17 bits per heavy atom. The number of fused-ring (bicyclic) bond motifs is 1. The summed E-state index contributed by atoms with van der Waals surface area (Å²) in [5, 5.41) is 4.09. The first kappa shape index (κ1) is 15.6. The SMILES string of the molecule is O=C1c2ccc(Cl)cc2CCN1c1cncc(CNC2COC2)c1. The van der Waals surface area contributed by atoms with Gasteiger partial charge in [0.05, 0.1) is 31.1 Å². The molecule has 2 aliphatic heterocycles. The van der Waals surface area contributed by atoms with Crippen molar-refractivity contribution in [2.24, 2.45) is 0 Å². The molecule has 24 heavy (non-hydrogen) atoms. The van der Waals surface area contributed by atoms with Crippen LogP contribution in [0.2, 0.25) is 5.02 Å². The van der Waals surface area contributed by atoms with Crippen molar-refractivity contribution in [1.82, 2.24) is 10.3 Å². The number of ether oxygens (including phenoxy) is 1. The molecule has 1 saturated heterocycles. The molecule has 5 nitrogen and oxygen atoms in total. The first-order valence-electron chi connectivity index (χ1n) is 8.06. The van der Waals surface area contributed by atoms with Gasteiger partial charge in [-0.2, -0.15) is 0 Å². The monoisotopic (exact) mass is 343 g/mol. The highest BCUT2D eigenvalue weighted by molar-refractivity contribution is 6.30. The van der Waals surface area contributed by atoms with Crippen LogP contribution < -0.4 is 10.2 Å². The molecule has 0 bridgehead atoms. The largest absolute Gasteiger partial charge is 0.378 e. The van der Waals surface area contributed by atoms with E-state index >= 15 is 0 Å². The molecule has 2 aliphatic rings. The summed E-state index contributed by atoms with van der Waals surface area (Å²) in [6.45, 7) is 2.89. The Balaban J connectivity index is 1.53. The number of aromatic nitrogens is 1. The summed E-state index contributed by atoms with van der Waals surface area (Å²) in [6.07, 6.45) is 4.37. The van der Waals surface area contributed by atoms with Gasteiger partial charge in [-0.1, -0.05) is 11.6 Å². The second-order valence-corrected chi connectivity index (χ2v) is 6.61. The van der Waals surface area contributed by atoms with Crippen LogP contribution in [-0.2, 0) is 17.7 Å². The van der Waals surface area contributed by atoms with Gasteiger partial charge >= 0.3 is 0 Å². The average Bonchev–Trinajstić information content (AvgIpc) is 2.54. The van der Waals surface area contributed by atoms with Crippen molar-refractivity contribution < 1.29 is 9.53 Å². The van der Waals surface area contributed by atoms with Crippen LogP contribution in [0.1, 0.15) is 21.5 Å². The molecular weight excluding hydrogens is 326 g/mol. The molecule has 2 aromatic rings. The fourth-order valence-corrected chi connectivity index (χ4v) is 3.23. The molecule has 0 unspecified atom stereocenters. The van der Waals surface area contributed by atoms with E-state index in [1.54, 1.807) is 17.2 Å². The second kappa shape index (κ2) is 6.51. The van der Waals surface area contributed by atoms with Crippen molar-refractivity contribution in [2.75, 3.05) is 24.7 Å². The molecule has 1 aromatic carbocycles. The molecule has 0 atom stereocenters. The molecule has 1 N–H and O–H groups in total. The lowest BCUT2D eigenvalue weighted by Crippen LogP contribution is -2.45. The quantitative estimate of drug-likeness (QED) is 0.926. The molecule has 3 heterocycles. The van der Waals surface area contributed by atoms with Crippen molar-refractivity contribution in [3.05, 3.63) is 58.4 Å². The summed E-state index contributed by atoms with van der Waals surface area (Å²) < 4.78 is 5.16. The van der Waals surface area contributed by atoms with E-state index in [4.69, 9.17) is 16.3 Å². The fourth-order valence-electron chi connectivity index (χ4n) is 3.04. The van der Waals surface area contributed by atoms with Crippen molar-refractivity contribution >= 4 is 23.2 Å². The number of benzene rings is 1. The van der Waals surface area contributed by atoms with Gasteiger partial charge in [0.15, 0.2) is 0 Å². The highest BCUT2D eigenvalue weighted by Gasteiger charge is 2.26.